The lowest BCUT2D eigenvalue weighted by atomic mass is 9.93. The van der Waals surface area contributed by atoms with Crippen LogP contribution in [0.3, 0.4) is 0 Å². The fraction of sp³-hybridized carbons (Fsp3) is 0.571. The molecule has 0 saturated heterocycles. The van der Waals surface area contributed by atoms with Crippen molar-refractivity contribution in [1.82, 2.24) is 0 Å². The molecule has 17 heavy (non-hydrogen) atoms. The Kier molecular flexibility index (Phi) is 6.63. The van der Waals surface area contributed by atoms with Gasteiger partial charge in [0.1, 0.15) is 0 Å². The highest BCUT2D eigenvalue weighted by molar-refractivity contribution is 7.99. The van der Waals surface area contributed by atoms with Gasteiger partial charge in [0.05, 0.1) is 0 Å². The first-order valence-electron chi connectivity index (χ1n) is 6.16. The van der Waals surface area contributed by atoms with E-state index in [-0.39, 0.29) is 6.04 Å². The summed E-state index contributed by atoms with van der Waals surface area (Å²) in [5, 5.41) is 0. The summed E-state index contributed by atoms with van der Waals surface area (Å²) in [6, 6.07) is 8.71. The molecule has 3 heteroatoms. The van der Waals surface area contributed by atoms with Crippen LogP contribution >= 0.6 is 11.8 Å². The number of thioether (sulfide) groups is 1. The van der Waals surface area contributed by atoms with E-state index in [1.54, 1.807) is 7.11 Å². The highest BCUT2D eigenvalue weighted by atomic mass is 32.2. The van der Waals surface area contributed by atoms with E-state index in [4.69, 9.17) is 10.5 Å². The van der Waals surface area contributed by atoms with Crippen molar-refractivity contribution in [1.29, 1.82) is 0 Å². The number of methoxy groups -OCH3 is 1. The fourth-order valence-electron chi connectivity index (χ4n) is 1.76. The van der Waals surface area contributed by atoms with Gasteiger partial charge in [-0.15, -0.1) is 11.8 Å². The Bertz CT molecular complexity index is 313. The first kappa shape index (κ1) is 14.6. The molecule has 0 saturated carbocycles. The van der Waals surface area contributed by atoms with Gasteiger partial charge in [-0.2, -0.15) is 0 Å². The monoisotopic (exact) mass is 253 g/mol. The quantitative estimate of drug-likeness (QED) is 0.756. The second kappa shape index (κ2) is 7.75. The molecule has 0 aliphatic heterocycles. The van der Waals surface area contributed by atoms with E-state index < -0.39 is 0 Å². The summed E-state index contributed by atoms with van der Waals surface area (Å²) in [5.74, 6) is 1.55. The molecule has 0 spiro atoms. The maximum atomic E-state index is 6.24. The van der Waals surface area contributed by atoms with Crippen molar-refractivity contribution >= 4 is 11.8 Å². The van der Waals surface area contributed by atoms with E-state index in [1.165, 1.54) is 10.5 Å². The number of nitrogens with two attached hydrogens (primary N) is 1. The molecule has 1 aromatic rings. The van der Waals surface area contributed by atoms with Crippen molar-refractivity contribution in [3.63, 3.8) is 0 Å². The lowest BCUT2D eigenvalue weighted by Crippen LogP contribution is -2.20. The molecular formula is C14H23NOS. The minimum absolute atomic E-state index is 0.103. The number of hydrogen-bond acceptors (Lipinski definition) is 3. The third kappa shape index (κ3) is 4.70. The van der Waals surface area contributed by atoms with E-state index >= 15 is 0 Å². The van der Waals surface area contributed by atoms with Crippen LogP contribution in [0.1, 0.15) is 31.9 Å². The summed E-state index contributed by atoms with van der Waals surface area (Å²) in [6.07, 6.45) is 1.00. The van der Waals surface area contributed by atoms with Gasteiger partial charge in [-0.1, -0.05) is 26.0 Å². The predicted octanol–water partition coefficient (Wildman–Crippen LogP) is 3.47. The lowest BCUT2D eigenvalue weighted by Gasteiger charge is -2.20. The highest BCUT2D eigenvalue weighted by Gasteiger charge is 2.14. The van der Waals surface area contributed by atoms with Crippen LogP contribution in [0.4, 0.5) is 0 Å². The van der Waals surface area contributed by atoms with Crippen molar-refractivity contribution < 1.29 is 4.74 Å². The number of hydrogen-bond donors (Lipinski definition) is 1. The van der Waals surface area contributed by atoms with Crippen LogP contribution in [-0.4, -0.2) is 19.5 Å². The molecule has 2 nitrogen and oxygen atoms in total. The van der Waals surface area contributed by atoms with Crippen LogP contribution in [0.2, 0.25) is 0 Å². The minimum Gasteiger partial charge on any atom is -0.385 e. The van der Waals surface area contributed by atoms with Crippen LogP contribution in [0.5, 0.6) is 0 Å². The third-order valence-corrected chi connectivity index (χ3v) is 3.86. The molecule has 0 radical (unpaired) electrons. The summed E-state index contributed by atoms with van der Waals surface area (Å²) >= 11 is 1.86. The van der Waals surface area contributed by atoms with Crippen molar-refractivity contribution in [2.75, 3.05) is 19.5 Å². The molecule has 96 valence electrons. The van der Waals surface area contributed by atoms with Crippen molar-refractivity contribution in [2.24, 2.45) is 11.7 Å². The molecular weight excluding hydrogens is 230 g/mol. The summed E-state index contributed by atoms with van der Waals surface area (Å²) in [6.45, 7) is 5.12. The Morgan fingerprint density at radius 3 is 2.47 bits per heavy atom. The SMILES string of the molecule is CCSc1ccc(C(N)C(C)CCOC)cc1. The molecule has 1 aromatic carbocycles. The van der Waals surface area contributed by atoms with Crippen molar-refractivity contribution in [2.45, 2.75) is 31.2 Å². The Hall–Kier alpha value is -0.510. The predicted molar refractivity (Wildman–Crippen MR) is 75.4 cm³/mol. The summed E-state index contributed by atoms with van der Waals surface area (Å²) in [4.78, 5) is 1.31. The number of ether oxygens (including phenoxy) is 1. The van der Waals surface area contributed by atoms with Crippen LogP contribution in [-0.2, 0) is 4.74 Å². The van der Waals surface area contributed by atoms with Crippen LogP contribution in [0, 0.1) is 5.92 Å². The summed E-state index contributed by atoms with van der Waals surface area (Å²) in [5.41, 5.74) is 7.46. The third-order valence-electron chi connectivity index (χ3n) is 2.97. The number of benzene rings is 1. The normalized spacial score (nSPS) is 14.6. The molecule has 0 fully saturated rings. The zero-order valence-electron chi connectivity index (χ0n) is 11.0. The van der Waals surface area contributed by atoms with Crippen molar-refractivity contribution in [3.05, 3.63) is 29.8 Å². The van der Waals surface area contributed by atoms with E-state index in [2.05, 4.69) is 38.1 Å². The van der Waals surface area contributed by atoms with E-state index in [9.17, 15) is 0 Å². The van der Waals surface area contributed by atoms with E-state index in [1.807, 2.05) is 11.8 Å². The molecule has 0 heterocycles. The van der Waals surface area contributed by atoms with E-state index in [0.717, 1.165) is 18.8 Å². The Morgan fingerprint density at radius 1 is 1.29 bits per heavy atom. The van der Waals surface area contributed by atoms with E-state index in [0.29, 0.717) is 5.92 Å². The molecule has 0 aromatic heterocycles. The van der Waals surface area contributed by atoms with Crippen molar-refractivity contribution in [3.8, 4) is 0 Å². The van der Waals surface area contributed by atoms with Gasteiger partial charge in [-0.05, 0) is 35.8 Å². The van der Waals surface area contributed by atoms with Crippen LogP contribution < -0.4 is 5.73 Å². The minimum atomic E-state index is 0.103. The number of rotatable bonds is 7. The van der Waals surface area contributed by atoms with Crippen LogP contribution in [0.15, 0.2) is 29.2 Å². The van der Waals surface area contributed by atoms with Gasteiger partial charge in [0.25, 0.3) is 0 Å². The van der Waals surface area contributed by atoms with Gasteiger partial charge in [0.2, 0.25) is 0 Å². The zero-order valence-corrected chi connectivity index (χ0v) is 11.8. The van der Waals surface area contributed by atoms with Gasteiger partial charge in [0.15, 0.2) is 0 Å². The van der Waals surface area contributed by atoms with Gasteiger partial charge in [-0.3, -0.25) is 0 Å². The molecule has 2 N–H and O–H groups in total. The average molecular weight is 253 g/mol. The summed E-state index contributed by atoms with van der Waals surface area (Å²) in [7, 11) is 1.73. The second-order valence-electron chi connectivity index (χ2n) is 4.29. The van der Waals surface area contributed by atoms with Gasteiger partial charge >= 0.3 is 0 Å². The van der Waals surface area contributed by atoms with Crippen LogP contribution in [0.25, 0.3) is 0 Å². The lowest BCUT2D eigenvalue weighted by molar-refractivity contribution is 0.174. The Labute approximate surface area is 109 Å². The summed E-state index contributed by atoms with van der Waals surface area (Å²) < 4.78 is 5.09. The largest absolute Gasteiger partial charge is 0.385 e. The zero-order chi connectivity index (χ0) is 12.7. The fourth-order valence-corrected chi connectivity index (χ4v) is 2.43. The first-order valence-corrected chi connectivity index (χ1v) is 7.14. The first-order chi connectivity index (χ1) is 8.19. The highest BCUT2D eigenvalue weighted by Crippen LogP contribution is 2.25. The smallest absolute Gasteiger partial charge is 0.0465 e. The Balaban J connectivity index is 2.58. The molecule has 0 aliphatic carbocycles. The van der Waals surface area contributed by atoms with Gasteiger partial charge < -0.3 is 10.5 Å². The molecule has 0 amide bonds. The van der Waals surface area contributed by atoms with Gasteiger partial charge in [0, 0.05) is 24.7 Å². The molecule has 2 atom stereocenters. The maximum Gasteiger partial charge on any atom is 0.0465 e. The average Bonchev–Trinajstić information content (AvgIpc) is 2.36. The molecule has 0 bridgehead atoms. The molecule has 0 aliphatic rings. The Morgan fingerprint density at radius 2 is 1.94 bits per heavy atom. The standard InChI is InChI=1S/C14H23NOS/c1-4-17-13-7-5-12(6-8-13)14(15)11(2)9-10-16-3/h5-8,11,14H,4,9-10,15H2,1-3H3. The maximum absolute atomic E-state index is 6.24. The topological polar surface area (TPSA) is 35.2 Å². The second-order valence-corrected chi connectivity index (χ2v) is 5.62. The van der Waals surface area contributed by atoms with Gasteiger partial charge in [-0.25, -0.2) is 0 Å². The molecule has 2 unspecified atom stereocenters. The molecule has 1 rings (SSSR count).